The van der Waals surface area contributed by atoms with E-state index in [0.29, 0.717) is 11.5 Å². The third-order valence-corrected chi connectivity index (χ3v) is 6.36. The van der Waals surface area contributed by atoms with Gasteiger partial charge in [0, 0.05) is 37.6 Å². The first-order valence-corrected chi connectivity index (χ1v) is 9.90. The van der Waals surface area contributed by atoms with E-state index in [9.17, 15) is 4.79 Å². The lowest BCUT2D eigenvalue weighted by atomic mass is 9.77. The molecule has 1 unspecified atom stereocenters. The van der Waals surface area contributed by atoms with Crippen LogP contribution in [0.25, 0.3) is 0 Å². The van der Waals surface area contributed by atoms with E-state index in [-0.39, 0.29) is 11.9 Å². The Kier molecular flexibility index (Phi) is 4.83. The van der Waals surface area contributed by atoms with E-state index in [1.54, 1.807) is 0 Å². The maximum Gasteiger partial charge on any atom is 0.237 e. The van der Waals surface area contributed by atoms with Crippen molar-refractivity contribution in [3.05, 3.63) is 35.9 Å². The Morgan fingerprint density at radius 3 is 2.56 bits per heavy atom. The summed E-state index contributed by atoms with van der Waals surface area (Å²) in [6.45, 7) is 4.34. The van der Waals surface area contributed by atoms with E-state index >= 15 is 0 Å². The molecule has 1 spiro atoms. The lowest BCUT2D eigenvalue weighted by molar-refractivity contribution is -0.126. The van der Waals surface area contributed by atoms with Crippen LogP contribution in [0.1, 0.15) is 44.1 Å². The quantitative estimate of drug-likeness (QED) is 0.914. The van der Waals surface area contributed by atoms with Gasteiger partial charge >= 0.3 is 0 Å². The molecular formula is C21H31N3O. The molecule has 25 heavy (non-hydrogen) atoms. The molecule has 1 saturated carbocycles. The Morgan fingerprint density at radius 2 is 1.84 bits per heavy atom. The van der Waals surface area contributed by atoms with Crippen molar-refractivity contribution in [3.8, 4) is 0 Å². The zero-order chi connectivity index (χ0) is 17.3. The van der Waals surface area contributed by atoms with E-state index in [1.165, 1.54) is 24.8 Å². The summed E-state index contributed by atoms with van der Waals surface area (Å²) in [6, 6.07) is 11.2. The number of amides is 1. The van der Waals surface area contributed by atoms with Gasteiger partial charge in [0.15, 0.2) is 0 Å². The van der Waals surface area contributed by atoms with Gasteiger partial charge < -0.3 is 5.32 Å². The normalized spacial score (nSPS) is 27.3. The van der Waals surface area contributed by atoms with Crippen molar-refractivity contribution >= 4 is 5.91 Å². The second-order valence-electron chi connectivity index (χ2n) is 8.61. The molecule has 1 aromatic carbocycles. The first kappa shape index (κ1) is 17.0. The average Bonchev–Trinajstić information content (AvgIpc) is 2.94. The van der Waals surface area contributed by atoms with Crippen molar-refractivity contribution < 1.29 is 4.79 Å². The summed E-state index contributed by atoms with van der Waals surface area (Å²) >= 11 is 0. The number of nitrogens with zero attached hydrogens (tertiary/aromatic N) is 2. The maximum atomic E-state index is 12.8. The Bertz CT molecular complexity index is 590. The molecule has 2 saturated heterocycles. The summed E-state index contributed by atoms with van der Waals surface area (Å²) in [5.74, 6) is 0.271. The molecule has 1 atom stereocenters. The van der Waals surface area contributed by atoms with Gasteiger partial charge in [-0.05, 0) is 31.9 Å². The Balaban J connectivity index is 1.29. The molecular weight excluding hydrogens is 310 g/mol. The Morgan fingerprint density at radius 1 is 1.12 bits per heavy atom. The first-order valence-electron chi connectivity index (χ1n) is 9.90. The molecule has 3 fully saturated rings. The molecule has 3 aliphatic rings. The van der Waals surface area contributed by atoms with Gasteiger partial charge in [0.05, 0.1) is 6.04 Å². The highest BCUT2D eigenvalue weighted by Crippen LogP contribution is 2.42. The van der Waals surface area contributed by atoms with Crippen molar-refractivity contribution in [1.29, 1.82) is 0 Å². The van der Waals surface area contributed by atoms with E-state index in [4.69, 9.17) is 0 Å². The third kappa shape index (κ3) is 3.75. The van der Waals surface area contributed by atoms with Crippen LogP contribution in [0.3, 0.4) is 0 Å². The van der Waals surface area contributed by atoms with Crippen LogP contribution < -0.4 is 5.32 Å². The van der Waals surface area contributed by atoms with Crippen LogP contribution in [0.5, 0.6) is 0 Å². The minimum Gasteiger partial charge on any atom is -0.352 e. The summed E-state index contributed by atoms with van der Waals surface area (Å²) in [4.78, 5) is 17.6. The monoisotopic (exact) mass is 341 g/mol. The molecule has 1 aliphatic carbocycles. The number of likely N-dealkylation sites (tertiary alicyclic amines) is 2. The summed E-state index contributed by atoms with van der Waals surface area (Å²) < 4.78 is 0. The van der Waals surface area contributed by atoms with Gasteiger partial charge in [-0.15, -0.1) is 0 Å². The molecule has 4 heteroatoms. The van der Waals surface area contributed by atoms with Gasteiger partial charge in [-0.1, -0.05) is 49.6 Å². The molecule has 0 radical (unpaired) electrons. The number of hydrogen-bond acceptors (Lipinski definition) is 3. The highest BCUT2D eigenvalue weighted by molar-refractivity contribution is 5.82. The maximum absolute atomic E-state index is 12.8. The zero-order valence-electron chi connectivity index (χ0n) is 15.4. The highest BCUT2D eigenvalue weighted by Gasteiger charge is 2.52. The zero-order valence-corrected chi connectivity index (χ0v) is 15.4. The van der Waals surface area contributed by atoms with Crippen molar-refractivity contribution in [2.24, 2.45) is 5.41 Å². The predicted octanol–water partition coefficient (Wildman–Crippen LogP) is 2.64. The van der Waals surface area contributed by atoms with E-state index in [2.05, 4.69) is 52.5 Å². The van der Waals surface area contributed by atoms with Crippen LogP contribution in [0.2, 0.25) is 0 Å². The summed E-state index contributed by atoms with van der Waals surface area (Å²) in [7, 11) is 2.12. The topological polar surface area (TPSA) is 35.6 Å². The van der Waals surface area contributed by atoms with Crippen LogP contribution >= 0.6 is 0 Å². The first-order chi connectivity index (χ1) is 12.1. The van der Waals surface area contributed by atoms with E-state index in [0.717, 1.165) is 45.4 Å². The Hall–Kier alpha value is -1.39. The number of nitrogens with one attached hydrogen (secondary N) is 1. The Labute approximate surface area is 151 Å². The number of benzene rings is 1. The van der Waals surface area contributed by atoms with Crippen molar-refractivity contribution in [3.63, 3.8) is 0 Å². The average molecular weight is 341 g/mol. The molecule has 2 heterocycles. The lowest BCUT2D eigenvalue weighted by Crippen LogP contribution is -2.56. The SMILES string of the molecule is CN1CC2(CC1C(=O)NC1CCCCC1)CN(Cc1ccccc1)C2. The number of carbonyl (C=O) groups is 1. The van der Waals surface area contributed by atoms with Crippen LogP contribution in [0, 0.1) is 5.41 Å². The standard InChI is InChI=1S/C21H31N3O/c1-23-14-21(15-24(16-21)13-17-8-4-2-5-9-17)12-19(23)20(25)22-18-10-6-3-7-11-18/h2,4-5,8-9,18-19H,3,6-7,10-16H2,1H3,(H,22,25). The fourth-order valence-electron chi connectivity index (χ4n) is 5.19. The second kappa shape index (κ2) is 7.08. The molecule has 1 aromatic rings. The van der Waals surface area contributed by atoms with Gasteiger partial charge in [-0.2, -0.15) is 0 Å². The number of carbonyl (C=O) groups excluding carboxylic acids is 1. The molecule has 1 amide bonds. The van der Waals surface area contributed by atoms with Crippen molar-refractivity contribution in [1.82, 2.24) is 15.1 Å². The molecule has 1 N–H and O–H groups in total. The van der Waals surface area contributed by atoms with E-state index < -0.39 is 0 Å². The van der Waals surface area contributed by atoms with Crippen LogP contribution in [-0.4, -0.2) is 54.5 Å². The van der Waals surface area contributed by atoms with Gasteiger partial charge in [0.25, 0.3) is 0 Å². The van der Waals surface area contributed by atoms with Gasteiger partial charge in [0.2, 0.25) is 5.91 Å². The number of likely N-dealkylation sites (N-methyl/N-ethyl adjacent to an activating group) is 1. The van der Waals surface area contributed by atoms with Gasteiger partial charge in [0.1, 0.15) is 0 Å². The van der Waals surface area contributed by atoms with Crippen LogP contribution in [0.15, 0.2) is 30.3 Å². The lowest BCUT2D eigenvalue weighted by Gasteiger charge is -2.48. The largest absolute Gasteiger partial charge is 0.352 e. The molecule has 136 valence electrons. The highest BCUT2D eigenvalue weighted by atomic mass is 16.2. The smallest absolute Gasteiger partial charge is 0.237 e. The fraction of sp³-hybridized carbons (Fsp3) is 0.667. The predicted molar refractivity (Wildman–Crippen MR) is 100 cm³/mol. The number of rotatable bonds is 4. The van der Waals surface area contributed by atoms with Crippen LogP contribution in [0.4, 0.5) is 0 Å². The summed E-state index contributed by atoms with van der Waals surface area (Å²) in [6.07, 6.45) is 7.22. The minimum absolute atomic E-state index is 0.0702. The molecule has 2 aliphatic heterocycles. The van der Waals surface area contributed by atoms with Crippen molar-refractivity contribution in [2.75, 3.05) is 26.7 Å². The van der Waals surface area contributed by atoms with Crippen molar-refractivity contribution in [2.45, 2.75) is 57.2 Å². The van der Waals surface area contributed by atoms with Crippen LogP contribution in [-0.2, 0) is 11.3 Å². The summed E-state index contributed by atoms with van der Waals surface area (Å²) in [5.41, 5.74) is 1.72. The summed E-state index contributed by atoms with van der Waals surface area (Å²) in [5, 5.41) is 3.33. The molecule has 0 bridgehead atoms. The molecule has 4 rings (SSSR count). The molecule has 4 nitrogen and oxygen atoms in total. The van der Waals surface area contributed by atoms with Gasteiger partial charge in [-0.3, -0.25) is 14.6 Å². The fourth-order valence-corrected chi connectivity index (χ4v) is 5.19. The second-order valence-corrected chi connectivity index (χ2v) is 8.61. The van der Waals surface area contributed by atoms with E-state index in [1.807, 2.05) is 0 Å². The minimum atomic E-state index is 0.0702. The van der Waals surface area contributed by atoms with Gasteiger partial charge in [-0.25, -0.2) is 0 Å². The number of hydrogen-bond donors (Lipinski definition) is 1. The molecule has 0 aromatic heterocycles. The third-order valence-electron chi connectivity index (χ3n) is 6.36.